The molecule has 1 aliphatic rings. The molecule has 0 aromatic carbocycles. The molecule has 2 rings (SSSR count). The number of piperidine rings is 1. The second-order valence-electron chi connectivity index (χ2n) is 3.38. The molecule has 0 amide bonds. The summed E-state index contributed by atoms with van der Waals surface area (Å²) in [6.07, 6.45) is 4.22. The number of rotatable bonds is 2. The second-order valence-corrected chi connectivity index (χ2v) is 3.38. The van der Waals surface area contributed by atoms with Gasteiger partial charge >= 0.3 is 0 Å². The number of nitrogens with zero attached hydrogens (tertiary/aromatic N) is 3. The lowest BCUT2D eigenvalue weighted by Crippen LogP contribution is -2.29. The minimum Gasteiger partial charge on any atom is -0.325 e. The van der Waals surface area contributed by atoms with E-state index in [-0.39, 0.29) is 0 Å². The Balaban J connectivity index is 2.05. The number of hydrogen-bond acceptors (Lipinski definition) is 4. The van der Waals surface area contributed by atoms with Crippen molar-refractivity contribution >= 4 is 0 Å². The van der Waals surface area contributed by atoms with Gasteiger partial charge in [-0.05, 0) is 25.9 Å². The van der Waals surface area contributed by atoms with Gasteiger partial charge in [-0.3, -0.25) is 0 Å². The van der Waals surface area contributed by atoms with Crippen LogP contribution in [0, 0.1) is 0 Å². The largest absolute Gasteiger partial charge is 0.325 e. The number of aromatic nitrogens is 3. The highest BCUT2D eigenvalue weighted by Gasteiger charge is 2.15. The Morgan fingerprint density at radius 3 is 2.92 bits per heavy atom. The average molecular weight is 181 g/mol. The van der Waals surface area contributed by atoms with E-state index >= 15 is 0 Å². The zero-order chi connectivity index (χ0) is 9.10. The number of nitrogens with two attached hydrogens (primary N) is 1. The zero-order valence-electron chi connectivity index (χ0n) is 7.61. The van der Waals surface area contributed by atoms with Gasteiger partial charge in [0.2, 0.25) is 0 Å². The lowest BCUT2D eigenvalue weighted by molar-refractivity contribution is 0.337. The highest BCUT2D eigenvalue weighted by Crippen LogP contribution is 2.16. The van der Waals surface area contributed by atoms with Gasteiger partial charge < -0.3 is 11.1 Å². The number of hydrogen-bond donors (Lipinski definition) is 2. The van der Waals surface area contributed by atoms with E-state index in [1.54, 1.807) is 0 Å². The van der Waals surface area contributed by atoms with Gasteiger partial charge in [0.1, 0.15) is 0 Å². The van der Waals surface area contributed by atoms with Crippen LogP contribution in [0.2, 0.25) is 0 Å². The molecule has 13 heavy (non-hydrogen) atoms. The molecular formula is C8H15N5. The van der Waals surface area contributed by atoms with Crippen LogP contribution in [-0.2, 0) is 6.54 Å². The van der Waals surface area contributed by atoms with Crippen molar-refractivity contribution in [2.75, 3.05) is 13.1 Å². The molecule has 1 aromatic rings. The first-order chi connectivity index (χ1) is 6.40. The Bertz CT molecular complexity index is 263. The molecule has 2 heterocycles. The Morgan fingerprint density at radius 1 is 1.54 bits per heavy atom. The molecule has 0 saturated carbocycles. The normalized spacial score (nSPS) is 19.2. The monoisotopic (exact) mass is 181 g/mol. The third-order valence-electron chi connectivity index (χ3n) is 2.45. The topological polar surface area (TPSA) is 68.8 Å². The summed E-state index contributed by atoms with van der Waals surface area (Å²) in [5, 5.41) is 11.4. The van der Waals surface area contributed by atoms with Crippen molar-refractivity contribution in [3.63, 3.8) is 0 Å². The molecule has 0 radical (unpaired) electrons. The van der Waals surface area contributed by atoms with Crippen LogP contribution in [0.4, 0.5) is 0 Å². The van der Waals surface area contributed by atoms with Crippen LogP contribution in [-0.4, -0.2) is 28.1 Å². The van der Waals surface area contributed by atoms with Crippen LogP contribution in [0.5, 0.6) is 0 Å². The predicted molar refractivity (Wildman–Crippen MR) is 49.1 cm³/mol. The third kappa shape index (κ3) is 1.87. The minimum atomic E-state index is 0.477. The summed E-state index contributed by atoms with van der Waals surface area (Å²) in [6.45, 7) is 2.62. The molecule has 1 saturated heterocycles. The van der Waals surface area contributed by atoms with Crippen molar-refractivity contribution in [3.05, 3.63) is 11.9 Å². The van der Waals surface area contributed by atoms with Gasteiger partial charge in [0.05, 0.1) is 17.9 Å². The summed E-state index contributed by atoms with van der Waals surface area (Å²) in [7, 11) is 0. The van der Waals surface area contributed by atoms with Gasteiger partial charge in [0.15, 0.2) is 0 Å². The smallest absolute Gasteiger partial charge is 0.0962 e. The average Bonchev–Trinajstić information content (AvgIpc) is 2.67. The lowest BCUT2D eigenvalue weighted by atomic mass is 10.1. The Kier molecular flexibility index (Phi) is 2.56. The zero-order valence-corrected chi connectivity index (χ0v) is 7.61. The summed E-state index contributed by atoms with van der Waals surface area (Å²) in [5.74, 6) is 0. The van der Waals surface area contributed by atoms with Crippen LogP contribution >= 0.6 is 0 Å². The van der Waals surface area contributed by atoms with E-state index in [4.69, 9.17) is 5.73 Å². The van der Waals surface area contributed by atoms with Crippen LogP contribution < -0.4 is 11.1 Å². The van der Waals surface area contributed by atoms with Crippen LogP contribution in [0.1, 0.15) is 24.6 Å². The molecule has 72 valence electrons. The van der Waals surface area contributed by atoms with E-state index in [0.29, 0.717) is 12.6 Å². The van der Waals surface area contributed by atoms with Gasteiger partial charge in [-0.15, -0.1) is 5.10 Å². The maximum absolute atomic E-state index is 5.46. The Morgan fingerprint density at radius 2 is 2.31 bits per heavy atom. The Hall–Kier alpha value is -0.940. The molecule has 5 nitrogen and oxygen atoms in total. The Labute approximate surface area is 77.3 Å². The fraction of sp³-hybridized carbons (Fsp3) is 0.750. The minimum absolute atomic E-state index is 0.477. The van der Waals surface area contributed by atoms with E-state index in [9.17, 15) is 0 Å². The first-order valence-electron chi connectivity index (χ1n) is 4.71. The van der Waals surface area contributed by atoms with Crippen molar-refractivity contribution < 1.29 is 0 Å². The van der Waals surface area contributed by atoms with Crippen LogP contribution in [0.3, 0.4) is 0 Å². The molecule has 1 fully saturated rings. The first kappa shape index (κ1) is 8.65. The van der Waals surface area contributed by atoms with Gasteiger partial charge in [-0.2, -0.15) is 0 Å². The molecule has 0 atom stereocenters. The lowest BCUT2D eigenvalue weighted by Gasteiger charge is -2.22. The quantitative estimate of drug-likeness (QED) is 0.655. The van der Waals surface area contributed by atoms with Crippen LogP contribution in [0.15, 0.2) is 6.20 Å². The van der Waals surface area contributed by atoms with Crippen molar-refractivity contribution in [2.45, 2.75) is 25.4 Å². The van der Waals surface area contributed by atoms with Gasteiger partial charge in [-0.1, -0.05) is 5.21 Å². The molecular weight excluding hydrogens is 166 g/mol. The summed E-state index contributed by atoms with van der Waals surface area (Å²) in [5.41, 5.74) is 6.34. The standard InChI is InChI=1S/C8H15N5/c9-5-7-6-13(12-11-7)8-1-3-10-4-2-8/h6,8,10H,1-5,9H2. The van der Waals surface area contributed by atoms with Gasteiger partial charge in [0, 0.05) is 6.54 Å². The van der Waals surface area contributed by atoms with Gasteiger partial charge in [-0.25, -0.2) is 4.68 Å². The molecule has 3 N–H and O–H groups in total. The highest BCUT2D eigenvalue weighted by molar-refractivity contribution is 4.92. The summed E-state index contributed by atoms with van der Waals surface area (Å²) < 4.78 is 1.95. The SMILES string of the molecule is NCc1cn(C2CCNCC2)nn1. The van der Waals surface area contributed by atoms with E-state index in [1.807, 2.05) is 10.9 Å². The molecule has 0 spiro atoms. The van der Waals surface area contributed by atoms with E-state index in [0.717, 1.165) is 31.6 Å². The van der Waals surface area contributed by atoms with E-state index in [1.165, 1.54) is 0 Å². The molecule has 1 aliphatic heterocycles. The fourth-order valence-corrected chi connectivity index (χ4v) is 1.66. The molecule has 5 heteroatoms. The first-order valence-corrected chi connectivity index (χ1v) is 4.71. The highest BCUT2D eigenvalue weighted by atomic mass is 15.4. The van der Waals surface area contributed by atoms with E-state index < -0.39 is 0 Å². The third-order valence-corrected chi connectivity index (χ3v) is 2.45. The van der Waals surface area contributed by atoms with Crippen LogP contribution in [0.25, 0.3) is 0 Å². The molecule has 0 aliphatic carbocycles. The molecule has 0 bridgehead atoms. The maximum atomic E-state index is 5.46. The fourth-order valence-electron chi connectivity index (χ4n) is 1.66. The number of nitrogens with one attached hydrogen (secondary N) is 1. The van der Waals surface area contributed by atoms with Crippen molar-refractivity contribution in [1.82, 2.24) is 20.3 Å². The van der Waals surface area contributed by atoms with Crippen molar-refractivity contribution in [3.8, 4) is 0 Å². The second kappa shape index (κ2) is 3.85. The molecule has 1 aromatic heterocycles. The van der Waals surface area contributed by atoms with Gasteiger partial charge in [0.25, 0.3) is 0 Å². The molecule has 0 unspecified atom stereocenters. The van der Waals surface area contributed by atoms with Crippen molar-refractivity contribution in [2.24, 2.45) is 5.73 Å². The van der Waals surface area contributed by atoms with Crippen molar-refractivity contribution in [1.29, 1.82) is 0 Å². The maximum Gasteiger partial charge on any atom is 0.0962 e. The summed E-state index contributed by atoms with van der Waals surface area (Å²) >= 11 is 0. The summed E-state index contributed by atoms with van der Waals surface area (Å²) in [6, 6.07) is 0.508. The predicted octanol–water partition coefficient (Wildman–Crippen LogP) is -0.339. The summed E-state index contributed by atoms with van der Waals surface area (Å²) in [4.78, 5) is 0. The van der Waals surface area contributed by atoms with E-state index in [2.05, 4.69) is 15.6 Å².